The minimum Gasteiger partial charge on any atom is -0.467 e. The molecule has 0 spiro atoms. The molecule has 1 unspecified atom stereocenters. The molecule has 1 saturated heterocycles. The number of morpholine rings is 1. The molecule has 1 rings (SSSR count). The van der Waals surface area contributed by atoms with E-state index in [1.54, 1.807) is 6.92 Å². The zero-order valence-electron chi connectivity index (χ0n) is 8.91. The number of methoxy groups -OCH3 is 1. The van der Waals surface area contributed by atoms with Crippen LogP contribution in [0, 0.1) is 0 Å². The van der Waals surface area contributed by atoms with Gasteiger partial charge in [-0.2, -0.15) is 0 Å². The molecule has 0 aromatic rings. The van der Waals surface area contributed by atoms with Crippen molar-refractivity contribution in [2.45, 2.75) is 19.1 Å². The van der Waals surface area contributed by atoms with Gasteiger partial charge in [0.15, 0.2) is 0 Å². The number of ether oxygens (including phenoxy) is 2. The van der Waals surface area contributed by atoms with E-state index in [0.29, 0.717) is 13.2 Å². The fourth-order valence-corrected chi connectivity index (χ4v) is 1.28. The predicted octanol–water partition coefficient (Wildman–Crippen LogP) is -1.35. The SMILES string of the molecule is COC(=O)[C@@H](C)NC(=O)C1CNCCO1. The summed E-state index contributed by atoms with van der Waals surface area (Å²) >= 11 is 0. The van der Waals surface area contributed by atoms with Crippen molar-refractivity contribution in [2.24, 2.45) is 0 Å². The quantitative estimate of drug-likeness (QED) is 0.571. The van der Waals surface area contributed by atoms with Crippen molar-refractivity contribution in [1.82, 2.24) is 10.6 Å². The molecular weight excluding hydrogens is 200 g/mol. The van der Waals surface area contributed by atoms with E-state index in [9.17, 15) is 9.59 Å². The van der Waals surface area contributed by atoms with Gasteiger partial charge in [0.1, 0.15) is 12.1 Å². The van der Waals surface area contributed by atoms with Crippen LogP contribution >= 0.6 is 0 Å². The standard InChI is InChI=1S/C9H16N2O4/c1-6(9(13)14-2)11-8(12)7-5-10-3-4-15-7/h6-7,10H,3-5H2,1-2H3,(H,11,12)/t6-,7?/m1/s1. The molecule has 2 N–H and O–H groups in total. The Morgan fingerprint density at radius 1 is 1.60 bits per heavy atom. The van der Waals surface area contributed by atoms with Crippen molar-refractivity contribution in [2.75, 3.05) is 26.8 Å². The molecular formula is C9H16N2O4. The van der Waals surface area contributed by atoms with Gasteiger partial charge >= 0.3 is 5.97 Å². The number of esters is 1. The summed E-state index contributed by atoms with van der Waals surface area (Å²) in [6, 6.07) is -0.645. The third-order valence-electron chi connectivity index (χ3n) is 2.13. The molecule has 1 fully saturated rings. The van der Waals surface area contributed by atoms with E-state index in [2.05, 4.69) is 15.4 Å². The van der Waals surface area contributed by atoms with Gasteiger partial charge in [0, 0.05) is 13.1 Å². The van der Waals surface area contributed by atoms with Crippen molar-refractivity contribution in [1.29, 1.82) is 0 Å². The molecule has 0 bridgehead atoms. The summed E-state index contributed by atoms with van der Waals surface area (Å²) in [5.74, 6) is -0.757. The number of rotatable bonds is 3. The smallest absolute Gasteiger partial charge is 0.328 e. The normalized spacial score (nSPS) is 22.9. The molecule has 2 atom stereocenters. The van der Waals surface area contributed by atoms with Crippen LogP contribution in [0.5, 0.6) is 0 Å². The van der Waals surface area contributed by atoms with Crippen LogP contribution in [-0.2, 0) is 19.1 Å². The highest BCUT2D eigenvalue weighted by Gasteiger charge is 2.25. The fourth-order valence-electron chi connectivity index (χ4n) is 1.28. The van der Waals surface area contributed by atoms with Gasteiger partial charge in [-0.15, -0.1) is 0 Å². The van der Waals surface area contributed by atoms with Crippen LogP contribution < -0.4 is 10.6 Å². The van der Waals surface area contributed by atoms with Crippen molar-refractivity contribution >= 4 is 11.9 Å². The maximum absolute atomic E-state index is 11.5. The van der Waals surface area contributed by atoms with Crippen LogP contribution in [0.25, 0.3) is 0 Å². The second kappa shape index (κ2) is 5.67. The average molecular weight is 216 g/mol. The molecule has 15 heavy (non-hydrogen) atoms. The molecule has 6 nitrogen and oxygen atoms in total. The molecule has 1 aliphatic rings. The van der Waals surface area contributed by atoms with E-state index in [1.165, 1.54) is 7.11 Å². The van der Waals surface area contributed by atoms with Gasteiger partial charge in [0.05, 0.1) is 13.7 Å². The third-order valence-corrected chi connectivity index (χ3v) is 2.13. The van der Waals surface area contributed by atoms with Gasteiger partial charge < -0.3 is 20.1 Å². The highest BCUT2D eigenvalue weighted by Crippen LogP contribution is 1.97. The van der Waals surface area contributed by atoms with Gasteiger partial charge in [-0.1, -0.05) is 0 Å². The maximum atomic E-state index is 11.5. The summed E-state index contributed by atoms with van der Waals surface area (Å²) in [6.45, 7) is 3.29. The van der Waals surface area contributed by atoms with Gasteiger partial charge in [0.2, 0.25) is 0 Å². The molecule has 1 aliphatic heterocycles. The first-order chi connectivity index (χ1) is 7.15. The van der Waals surface area contributed by atoms with Crippen molar-refractivity contribution < 1.29 is 19.1 Å². The number of carbonyl (C=O) groups excluding carboxylic acids is 2. The lowest BCUT2D eigenvalue weighted by atomic mass is 10.2. The Hall–Kier alpha value is -1.14. The van der Waals surface area contributed by atoms with Crippen molar-refractivity contribution in [3.63, 3.8) is 0 Å². The summed E-state index contributed by atoms with van der Waals surface area (Å²) in [4.78, 5) is 22.6. The average Bonchev–Trinajstić information content (AvgIpc) is 2.29. The number of hydrogen-bond donors (Lipinski definition) is 2. The zero-order chi connectivity index (χ0) is 11.3. The first-order valence-electron chi connectivity index (χ1n) is 4.85. The minimum atomic E-state index is -0.645. The van der Waals surface area contributed by atoms with Gasteiger partial charge in [-0.25, -0.2) is 4.79 Å². The summed E-state index contributed by atoms with van der Waals surface area (Å²) in [7, 11) is 1.28. The summed E-state index contributed by atoms with van der Waals surface area (Å²) in [5, 5.41) is 5.55. The Bertz CT molecular complexity index is 238. The molecule has 86 valence electrons. The largest absolute Gasteiger partial charge is 0.467 e. The van der Waals surface area contributed by atoms with Crippen LogP contribution in [0.15, 0.2) is 0 Å². The molecule has 6 heteroatoms. The van der Waals surface area contributed by atoms with E-state index in [-0.39, 0.29) is 5.91 Å². The van der Waals surface area contributed by atoms with Crippen LogP contribution in [0.2, 0.25) is 0 Å². The fraction of sp³-hybridized carbons (Fsp3) is 0.778. The van der Waals surface area contributed by atoms with Crippen LogP contribution in [0.4, 0.5) is 0 Å². The van der Waals surface area contributed by atoms with Crippen LogP contribution in [0.3, 0.4) is 0 Å². The lowest BCUT2D eigenvalue weighted by Crippen LogP contribution is -2.51. The first-order valence-corrected chi connectivity index (χ1v) is 4.85. The van der Waals surface area contributed by atoms with Gasteiger partial charge in [0.25, 0.3) is 5.91 Å². The third kappa shape index (κ3) is 3.49. The second-order valence-electron chi connectivity index (χ2n) is 3.32. The maximum Gasteiger partial charge on any atom is 0.328 e. The van der Waals surface area contributed by atoms with Crippen molar-refractivity contribution in [3.8, 4) is 0 Å². The molecule has 0 radical (unpaired) electrons. The summed E-state index contributed by atoms with van der Waals surface area (Å²) < 4.78 is 9.72. The van der Waals surface area contributed by atoms with Gasteiger partial charge in [-0.05, 0) is 6.92 Å². The molecule has 0 saturated carbocycles. The minimum absolute atomic E-state index is 0.292. The van der Waals surface area contributed by atoms with E-state index in [1.807, 2.05) is 0 Å². The second-order valence-corrected chi connectivity index (χ2v) is 3.32. The monoisotopic (exact) mass is 216 g/mol. The highest BCUT2D eigenvalue weighted by molar-refractivity contribution is 5.86. The number of nitrogens with one attached hydrogen (secondary N) is 2. The van der Waals surface area contributed by atoms with E-state index >= 15 is 0 Å². The molecule has 1 amide bonds. The Balaban J connectivity index is 2.36. The molecule has 0 aromatic carbocycles. The highest BCUT2D eigenvalue weighted by atomic mass is 16.5. The number of carbonyl (C=O) groups is 2. The van der Waals surface area contributed by atoms with Crippen LogP contribution in [0.1, 0.15) is 6.92 Å². The van der Waals surface area contributed by atoms with Crippen molar-refractivity contribution in [3.05, 3.63) is 0 Å². The summed E-state index contributed by atoms with van der Waals surface area (Å²) in [6.07, 6.45) is -0.522. The topological polar surface area (TPSA) is 76.7 Å². The van der Waals surface area contributed by atoms with Gasteiger partial charge in [-0.3, -0.25) is 4.79 Å². The zero-order valence-corrected chi connectivity index (χ0v) is 8.91. The molecule has 1 heterocycles. The lowest BCUT2D eigenvalue weighted by molar-refractivity contribution is -0.146. The first kappa shape index (κ1) is 11.9. The van der Waals surface area contributed by atoms with E-state index in [4.69, 9.17) is 4.74 Å². The number of amides is 1. The Morgan fingerprint density at radius 2 is 2.33 bits per heavy atom. The Labute approximate surface area is 88.3 Å². The van der Waals surface area contributed by atoms with E-state index in [0.717, 1.165) is 6.54 Å². The molecule has 0 aliphatic carbocycles. The predicted molar refractivity (Wildman–Crippen MR) is 52.2 cm³/mol. The lowest BCUT2D eigenvalue weighted by Gasteiger charge is -2.23. The Kier molecular flexibility index (Phi) is 4.51. The van der Waals surface area contributed by atoms with E-state index < -0.39 is 18.1 Å². The number of hydrogen-bond acceptors (Lipinski definition) is 5. The summed E-state index contributed by atoms with van der Waals surface area (Å²) in [5.41, 5.74) is 0. The van der Waals surface area contributed by atoms with Crippen LogP contribution in [-0.4, -0.2) is 50.8 Å². The molecule has 0 aromatic heterocycles. The Morgan fingerprint density at radius 3 is 2.87 bits per heavy atom.